The van der Waals surface area contributed by atoms with Gasteiger partial charge in [0.2, 0.25) is 10.0 Å². The van der Waals surface area contributed by atoms with E-state index in [2.05, 4.69) is 34.2 Å². The Hall–Kier alpha value is -0.860. The minimum atomic E-state index is -3.11. The summed E-state index contributed by atoms with van der Waals surface area (Å²) in [6.07, 6.45) is 2.89. The lowest BCUT2D eigenvalue weighted by molar-refractivity contribution is 0.128. The summed E-state index contributed by atoms with van der Waals surface area (Å²) >= 11 is 0. The quantitative estimate of drug-likeness (QED) is 0.275. The Morgan fingerprint density at radius 1 is 1.18 bits per heavy atom. The monoisotopic (exact) mass is 336 g/mol. The second-order valence-electron chi connectivity index (χ2n) is 5.50. The molecule has 22 heavy (non-hydrogen) atoms. The predicted octanol–water partition coefficient (Wildman–Crippen LogP) is 0.544. The van der Waals surface area contributed by atoms with E-state index in [1.165, 1.54) is 0 Å². The van der Waals surface area contributed by atoms with Crippen molar-refractivity contribution in [2.45, 2.75) is 33.6 Å². The van der Waals surface area contributed by atoms with Crippen LogP contribution in [-0.4, -0.2) is 60.0 Å². The van der Waals surface area contributed by atoms with Crippen molar-refractivity contribution in [3.8, 4) is 0 Å². The SMILES string of the molecule is CCNC(=NCCCNS(C)(=O)=O)NCCOCCC(C)C. The minimum absolute atomic E-state index is 0.403. The number of nitrogens with zero attached hydrogens (tertiary/aromatic N) is 1. The molecule has 8 heteroatoms. The average Bonchev–Trinajstić information content (AvgIpc) is 2.40. The Bertz CT molecular complexity index is 397. The molecule has 0 heterocycles. The summed E-state index contributed by atoms with van der Waals surface area (Å²) in [4.78, 5) is 4.38. The van der Waals surface area contributed by atoms with Crippen LogP contribution < -0.4 is 15.4 Å². The van der Waals surface area contributed by atoms with E-state index in [1.807, 2.05) is 6.92 Å². The third kappa shape index (κ3) is 15.5. The van der Waals surface area contributed by atoms with Crippen molar-refractivity contribution < 1.29 is 13.2 Å². The van der Waals surface area contributed by atoms with Crippen molar-refractivity contribution in [1.29, 1.82) is 0 Å². The summed E-state index contributed by atoms with van der Waals surface area (Å²) in [5, 5.41) is 6.33. The van der Waals surface area contributed by atoms with Crippen LogP contribution >= 0.6 is 0 Å². The highest BCUT2D eigenvalue weighted by Crippen LogP contribution is 1.98. The van der Waals surface area contributed by atoms with Gasteiger partial charge in [0, 0.05) is 32.8 Å². The number of rotatable bonds is 12. The fourth-order valence-electron chi connectivity index (χ4n) is 1.53. The summed E-state index contributed by atoms with van der Waals surface area (Å²) in [5.41, 5.74) is 0. The molecule has 0 aromatic rings. The first-order valence-electron chi connectivity index (χ1n) is 7.89. The Balaban J connectivity index is 3.81. The Morgan fingerprint density at radius 2 is 1.91 bits per heavy atom. The van der Waals surface area contributed by atoms with Crippen LogP contribution in [0.4, 0.5) is 0 Å². The van der Waals surface area contributed by atoms with Crippen molar-refractivity contribution in [2.24, 2.45) is 10.9 Å². The maximum atomic E-state index is 10.9. The number of nitrogens with one attached hydrogen (secondary N) is 3. The van der Waals surface area contributed by atoms with Crippen LogP contribution in [-0.2, 0) is 14.8 Å². The predicted molar refractivity (Wildman–Crippen MR) is 91.7 cm³/mol. The first-order chi connectivity index (χ1) is 10.3. The van der Waals surface area contributed by atoms with Gasteiger partial charge in [-0.1, -0.05) is 13.8 Å². The van der Waals surface area contributed by atoms with Crippen molar-refractivity contribution in [2.75, 3.05) is 45.6 Å². The van der Waals surface area contributed by atoms with Crippen LogP contribution in [0.5, 0.6) is 0 Å². The number of aliphatic imine (C=N–C) groups is 1. The molecule has 0 aromatic heterocycles. The zero-order valence-corrected chi connectivity index (χ0v) is 15.1. The number of hydrogen-bond acceptors (Lipinski definition) is 4. The summed E-state index contributed by atoms with van der Waals surface area (Å²) in [6, 6.07) is 0. The highest BCUT2D eigenvalue weighted by atomic mass is 32.2. The fourth-order valence-corrected chi connectivity index (χ4v) is 2.05. The molecule has 0 atom stereocenters. The molecule has 0 aromatic carbocycles. The van der Waals surface area contributed by atoms with E-state index in [0.29, 0.717) is 38.6 Å². The van der Waals surface area contributed by atoms with Gasteiger partial charge < -0.3 is 15.4 Å². The van der Waals surface area contributed by atoms with Crippen molar-refractivity contribution in [3.63, 3.8) is 0 Å². The standard InChI is InChI=1S/C14H32N4O3S/c1-5-15-14(16-8-6-9-18-22(4,19)20)17-10-12-21-11-7-13(2)3/h13,18H,5-12H2,1-4H3,(H2,15,16,17). The summed E-state index contributed by atoms with van der Waals surface area (Å²) in [6.45, 7) is 10.2. The molecule has 0 saturated heterocycles. The van der Waals surface area contributed by atoms with Gasteiger partial charge in [0.05, 0.1) is 12.9 Å². The molecule has 0 aliphatic heterocycles. The van der Waals surface area contributed by atoms with Gasteiger partial charge in [-0.05, 0) is 25.7 Å². The van der Waals surface area contributed by atoms with E-state index in [1.54, 1.807) is 0 Å². The minimum Gasteiger partial charge on any atom is -0.380 e. The number of hydrogen-bond donors (Lipinski definition) is 3. The summed E-state index contributed by atoms with van der Waals surface area (Å²) in [7, 11) is -3.11. The molecule has 3 N–H and O–H groups in total. The molecular formula is C14H32N4O3S. The molecule has 0 aliphatic rings. The van der Waals surface area contributed by atoms with Crippen LogP contribution in [0.25, 0.3) is 0 Å². The van der Waals surface area contributed by atoms with Crippen molar-refractivity contribution in [1.82, 2.24) is 15.4 Å². The van der Waals surface area contributed by atoms with Gasteiger partial charge >= 0.3 is 0 Å². The summed E-state index contributed by atoms with van der Waals surface area (Å²) in [5.74, 6) is 1.39. The normalized spacial score (nSPS) is 12.7. The molecule has 0 unspecified atom stereocenters. The van der Waals surface area contributed by atoms with Crippen molar-refractivity contribution >= 4 is 16.0 Å². The van der Waals surface area contributed by atoms with E-state index in [9.17, 15) is 8.42 Å². The molecule has 7 nitrogen and oxygen atoms in total. The molecule has 0 radical (unpaired) electrons. The number of sulfonamides is 1. The molecule has 0 spiro atoms. The molecule has 0 bridgehead atoms. The molecular weight excluding hydrogens is 304 g/mol. The molecule has 0 fully saturated rings. The second kappa shape index (κ2) is 12.7. The second-order valence-corrected chi connectivity index (χ2v) is 7.34. The molecule has 0 saturated carbocycles. The van der Waals surface area contributed by atoms with Crippen LogP contribution in [0.2, 0.25) is 0 Å². The largest absolute Gasteiger partial charge is 0.380 e. The van der Waals surface area contributed by atoms with Crippen molar-refractivity contribution in [3.05, 3.63) is 0 Å². The van der Waals surface area contributed by atoms with Crippen LogP contribution in [0.1, 0.15) is 33.6 Å². The first kappa shape index (κ1) is 21.1. The third-order valence-electron chi connectivity index (χ3n) is 2.69. The molecule has 132 valence electrons. The third-order valence-corrected chi connectivity index (χ3v) is 3.42. The van der Waals surface area contributed by atoms with E-state index < -0.39 is 10.0 Å². The highest BCUT2D eigenvalue weighted by Gasteiger charge is 2.00. The topological polar surface area (TPSA) is 91.8 Å². The smallest absolute Gasteiger partial charge is 0.208 e. The van der Waals surface area contributed by atoms with E-state index in [-0.39, 0.29) is 0 Å². The van der Waals surface area contributed by atoms with Crippen LogP contribution in [0.3, 0.4) is 0 Å². The lowest BCUT2D eigenvalue weighted by Gasteiger charge is -2.12. The number of guanidine groups is 1. The van der Waals surface area contributed by atoms with Gasteiger partial charge in [0.1, 0.15) is 0 Å². The van der Waals surface area contributed by atoms with Gasteiger partial charge in [0.15, 0.2) is 5.96 Å². The summed E-state index contributed by atoms with van der Waals surface area (Å²) < 4.78 is 29.8. The van der Waals surface area contributed by atoms with E-state index >= 15 is 0 Å². The van der Waals surface area contributed by atoms with Crippen LogP contribution in [0, 0.1) is 5.92 Å². The average molecular weight is 337 g/mol. The van der Waals surface area contributed by atoms with Gasteiger partial charge in [0.25, 0.3) is 0 Å². The van der Waals surface area contributed by atoms with Crippen LogP contribution in [0.15, 0.2) is 4.99 Å². The Kier molecular flexibility index (Phi) is 12.2. The molecule has 0 aliphatic carbocycles. The van der Waals surface area contributed by atoms with Gasteiger partial charge in [-0.2, -0.15) is 0 Å². The zero-order chi connectivity index (χ0) is 16.8. The Morgan fingerprint density at radius 3 is 2.50 bits per heavy atom. The maximum Gasteiger partial charge on any atom is 0.208 e. The molecule has 0 amide bonds. The van der Waals surface area contributed by atoms with Gasteiger partial charge in [-0.15, -0.1) is 0 Å². The highest BCUT2D eigenvalue weighted by molar-refractivity contribution is 7.88. The first-order valence-corrected chi connectivity index (χ1v) is 9.79. The lowest BCUT2D eigenvalue weighted by atomic mass is 10.1. The fraction of sp³-hybridized carbons (Fsp3) is 0.929. The van der Waals surface area contributed by atoms with Gasteiger partial charge in [-0.3, -0.25) is 4.99 Å². The van der Waals surface area contributed by atoms with E-state index in [0.717, 1.165) is 31.8 Å². The lowest BCUT2D eigenvalue weighted by Crippen LogP contribution is -2.39. The molecule has 0 rings (SSSR count). The van der Waals surface area contributed by atoms with Gasteiger partial charge in [-0.25, -0.2) is 13.1 Å². The Labute approximate surface area is 135 Å². The maximum absolute atomic E-state index is 10.9. The zero-order valence-electron chi connectivity index (χ0n) is 14.3. The van der Waals surface area contributed by atoms with E-state index in [4.69, 9.17) is 4.74 Å². The number of ether oxygens (including phenoxy) is 1.